The summed E-state index contributed by atoms with van der Waals surface area (Å²) in [5, 5.41) is 9.30. The fourth-order valence-electron chi connectivity index (χ4n) is 6.60. The number of benzene rings is 2. The number of piperidine rings is 1. The molecule has 1 saturated heterocycles. The zero-order chi connectivity index (χ0) is 30.4. The molecule has 2 aromatic rings. The Morgan fingerprint density at radius 2 is 1.67 bits per heavy atom. The molecule has 1 aliphatic heterocycles. The summed E-state index contributed by atoms with van der Waals surface area (Å²) in [6, 6.07) is 15.0. The van der Waals surface area contributed by atoms with Crippen LogP contribution in [0.1, 0.15) is 113 Å². The zero-order valence-electron chi connectivity index (χ0n) is 26.3. The summed E-state index contributed by atoms with van der Waals surface area (Å²) in [5.41, 5.74) is 1.69. The van der Waals surface area contributed by atoms with Crippen LogP contribution in [-0.4, -0.2) is 44.0 Å². The zero-order valence-corrected chi connectivity index (χ0v) is 26.3. The molecule has 0 spiro atoms. The Balaban J connectivity index is 1.79. The number of ketones is 1. The quantitative estimate of drug-likeness (QED) is 0.131. The lowest BCUT2D eigenvalue weighted by Gasteiger charge is -2.42. The van der Waals surface area contributed by atoms with Gasteiger partial charge in [0, 0.05) is 23.9 Å². The van der Waals surface area contributed by atoms with Gasteiger partial charge in [-0.1, -0.05) is 58.4 Å². The smallest absolute Gasteiger partial charge is 0.166 e. The lowest BCUT2D eigenvalue weighted by Crippen LogP contribution is -2.45. The molecule has 2 unspecified atom stereocenters. The van der Waals surface area contributed by atoms with E-state index < -0.39 is 0 Å². The third-order valence-electron chi connectivity index (χ3n) is 9.22. The number of hydrogen-bond acceptors (Lipinski definition) is 5. The highest BCUT2D eigenvalue weighted by Gasteiger charge is 2.35. The number of nitrogens with zero attached hydrogens (tertiary/aromatic N) is 2. The Labute approximate surface area is 253 Å². The van der Waals surface area contributed by atoms with Crippen molar-refractivity contribution in [1.29, 1.82) is 5.26 Å². The van der Waals surface area contributed by atoms with Crippen molar-refractivity contribution in [3.63, 3.8) is 0 Å². The van der Waals surface area contributed by atoms with E-state index >= 15 is 0 Å². The van der Waals surface area contributed by atoms with Crippen LogP contribution in [0, 0.1) is 23.1 Å². The summed E-state index contributed by atoms with van der Waals surface area (Å²) < 4.78 is 24.6. The van der Waals surface area contributed by atoms with Crippen LogP contribution >= 0.6 is 0 Å². The molecule has 2 atom stereocenters. The number of halogens is 1. The van der Waals surface area contributed by atoms with Crippen LogP contribution in [0.4, 0.5) is 4.39 Å². The number of rotatable bonds is 18. The van der Waals surface area contributed by atoms with Gasteiger partial charge in [0.1, 0.15) is 5.82 Å². The minimum absolute atomic E-state index is 0.0192. The van der Waals surface area contributed by atoms with Crippen molar-refractivity contribution in [1.82, 2.24) is 4.90 Å². The maximum absolute atomic E-state index is 13.4. The molecule has 230 valence electrons. The van der Waals surface area contributed by atoms with E-state index in [0.717, 1.165) is 63.1 Å². The number of carbonyl (C=O) groups is 1. The molecule has 0 aromatic heterocycles. The Morgan fingerprint density at radius 3 is 2.31 bits per heavy atom. The average molecular weight is 579 g/mol. The maximum Gasteiger partial charge on any atom is 0.166 e. The monoisotopic (exact) mass is 578 g/mol. The Hall–Kier alpha value is -2.91. The van der Waals surface area contributed by atoms with Gasteiger partial charge in [-0.15, -0.1) is 0 Å². The first-order chi connectivity index (χ1) is 20.3. The highest BCUT2D eigenvalue weighted by molar-refractivity contribution is 5.97. The molecule has 5 nitrogen and oxygen atoms in total. The molecule has 1 fully saturated rings. The van der Waals surface area contributed by atoms with Crippen molar-refractivity contribution < 1.29 is 18.7 Å². The number of nitriles is 1. The van der Waals surface area contributed by atoms with Crippen LogP contribution in [0.3, 0.4) is 0 Å². The topological polar surface area (TPSA) is 62.6 Å². The van der Waals surface area contributed by atoms with E-state index in [2.05, 4.69) is 36.9 Å². The summed E-state index contributed by atoms with van der Waals surface area (Å²) in [6.07, 6.45) is 13.7. The number of ether oxygens (including phenoxy) is 2. The molecule has 1 heterocycles. The van der Waals surface area contributed by atoms with Crippen molar-refractivity contribution in [3.8, 4) is 17.6 Å². The van der Waals surface area contributed by atoms with E-state index in [1.54, 1.807) is 26.4 Å². The Bertz CT molecular complexity index is 1140. The lowest BCUT2D eigenvalue weighted by molar-refractivity contribution is 0.0731. The molecule has 3 rings (SSSR count). The largest absolute Gasteiger partial charge is 0.493 e. The second-order valence-corrected chi connectivity index (χ2v) is 12.2. The van der Waals surface area contributed by atoms with Crippen molar-refractivity contribution >= 4 is 5.78 Å². The first-order valence-electron chi connectivity index (χ1n) is 16.0. The molecule has 0 radical (unpaired) electrons. The lowest BCUT2D eigenvalue weighted by atomic mass is 9.72. The molecular weight excluding hydrogens is 527 g/mol. The third kappa shape index (κ3) is 9.56. The number of methoxy groups -OCH3 is 2. The van der Waals surface area contributed by atoms with Gasteiger partial charge in [0.05, 0.1) is 20.3 Å². The number of carbonyl (C=O) groups excluding carboxylic acids is 1. The van der Waals surface area contributed by atoms with Crippen LogP contribution in [0.2, 0.25) is 0 Å². The number of unbranched alkanes of at least 4 members (excludes halogenated alkanes) is 6. The summed E-state index contributed by atoms with van der Waals surface area (Å²) in [4.78, 5) is 15.8. The highest BCUT2D eigenvalue weighted by atomic mass is 19.1. The predicted molar refractivity (Wildman–Crippen MR) is 168 cm³/mol. The molecule has 0 N–H and O–H groups in total. The number of Topliss-reactive ketones (excluding diaryl/α,β-unsaturated/α-hetero) is 1. The summed E-state index contributed by atoms with van der Waals surface area (Å²) in [7, 11) is 3.33. The molecule has 42 heavy (non-hydrogen) atoms. The van der Waals surface area contributed by atoms with Gasteiger partial charge in [0.15, 0.2) is 17.3 Å². The van der Waals surface area contributed by atoms with E-state index in [1.165, 1.54) is 56.2 Å². The fraction of sp³-hybridized carbons (Fsp3) is 0.611. The minimum Gasteiger partial charge on any atom is -0.493 e. The minimum atomic E-state index is -0.314. The van der Waals surface area contributed by atoms with Crippen LogP contribution in [-0.2, 0) is 5.41 Å². The van der Waals surface area contributed by atoms with Crippen LogP contribution in [0.15, 0.2) is 42.5 Å². The second kappa shape index (κ2) is 17.3. The highest BCUT2D eigenvalue weighted by Crippen LogP contribution is 2.41. The van der Waals surface area contributed by atoms with E-state index in [0.29, 0.717) is 18.0 Å². The van der Waals surface area contributed by atoms with Gasteiger partial charge in [-0.25, -0.2) is 4.39 Å². The standard InChI is InChI=1S/C36H51FN2O3/c1-5-6-7-8-9-10-13-32(39-24-20-29(21-25-39)35(40)28-14-17-31(37)18-15-28)27-36(2,22-11-12-23-38)30-16-19-33(41-3)34(26-30)42-4/h14-19,26,29,32H,5-13,20-22,24-25,27H2,1-4H3. The summed E-state index contributed by atoms with van der Waals surface area (Å²) in [6.45, 7) is 6.36. The SMILES string of the molecule is CCCCCCCCC(CC(C)(CCCC#N)c1ccc(OC)c(OC)c1)N1CCC(C(=O)c2ccc(F)cc2)CC1. The molecule has 0 bridgehead atoms. The molecule has 0 aliphatic carbocycles. The van der Waals surface area contributed by atoms with E-state index in [9.17, 15) is 14.4 Å². The fourth-order valence-corrected chi connectivity index (χ4v) is 6.60. The molecule has 2 aromatic carbocycles. The average Bonchev–Trinajstić information content (AvgIpc) is 3.02. The van der Waals surface area contributed by atoms with E-state index in [-0.39, 0.29) is 22.9 Å². The van der Waals surface area contributed by atoms with Crippen LogP contribution in [0.25, 0.3) is 0 Å². The summed E-state index contributed by atoms with van der Waals surface area (Å²) >= 11 is 0. The molecule has 0 saturated carbocycles. The van der Waals surface area contributed by atoms with E-state index in [4.69, 9.17) is 9.47 Å². The van der Waals surface area contributed by atoms with Crippen molar-refractivity contribution in [2.45, 2.75) is 109 Å². The van der Waals surface area contributed by atoms with Gasteiger partial charge < -0.3 is 14.4 Å². The number of hydrogen-bond donors (Lipinski definition) is 0. The summed E-state index contributed by atoms with van der Waals surface area (Å²) in [5.74, 6) is 1.25. The van der Waals surface area contributed by atoms with Crippen LogP contribution in [0.5, 0.6) is 11.5 Å². The first-order valence-corrected chi connectivity index (χ1v) is 16.0. The Kier molecular flexibility index (Phi) is 13.8. The predicted octanol–water partition coefficient (Wildman–Crippen LogP) is 8.90. The second-order valence-electron chi connectivity index (χ2n) is 12.2. The first kappa shape index (κ1) is 33.6. The van der Waals surface area contributed by atoms with Gasteiger partial charge >= 0.3 is 0 Å². The van der Waals surface area contributed by atoms with Gasteiger partial charge in [0.25, 0.3) is 0 Å². The Morgan fingerprint density at radius 1 is 1.00 bits per heavy atom. The van der Waals surface area contributed by atoms with Gasteiger partial charge in [-0.05, 0) is 99.0 Å². The van der Waals surface area contributed by atoms with Crippen molar-refractivity contribution in [2.24, 2.45) is 5.92 Å². The molecule has 6 heteroatoms. The van der Waals surface area contributed by atoms with Crippen molar-refractivity contribution in [3.05, 3.63) is 59.4 Å². The normalized spacial score (nSPS) is 16.4. The van der Waals surface area contributed by atoms with Gasteiger partial charge in [0.2, 0.25) is 0 Å². The molecular formula is C36H51FN2O3. The van der Waals surface area contributed by atoms with Crippen molar-refractivity contribution in [2.75, 3.05) is 27.3 Å². The van der Waals surface area contributed by atoms with E-state index in [1.807, 2.05) is 6.07 Å². The number of likely N-dealkylation sites (tertiary alicyclic amines) is 1. The van der Waals surface area contributed by atoms with Gasteiger partial charge in [-0.3, -0.25) is 4.79 Å². The van der Waals surface area contributed by atoms with Gasteiger partial charge in [-0.2, -0.15) is 5.26 Å². The maximum atomic E-state index is 13.4. The molecule has 0 amide bonds. The molecule has 1 aliphatic rings. The third-order valence-corrected chi connectivity index (χ3v) is 9.22. The van der Waals surface area contributed by atoms with Crippen LogP contribution < -0.4 is 9.47 Å².